The van der Waals surface area contributed by atoms with Crippen molar-refractivity contribution in [3.8, 4) is 0 Å². The summed E-state index contributed by atoms with van der Waals surface area (Å²) in [6.07, 6.45) is 33.8. The molecule has 4 heteroatoms. The van der Waals surface area contributed by atoms with E-state index in [9.17, 15) is 15.3 Å². The van der Waals surface area contributed by atoms with Gasteiger partial charge < -0.3 is 15.3 Å². The standard InChI is InChI=1S/C35H73NO3/c1-3-5-7-9-11-13-15-17-19-21-23-25-28-34(38)32-36(30-27-31-37)33-35(39)29-26-24-22-20-18-16-14-12-10-8-6-4-2/h34-35,37-39H,3-33H2,1-2H3. The third-order valence-electron chi connectivity index (χ3n) is 8.35. The molecule has 3 N–H and O–H groups in total. The Bertz CT molecular complexity index is 412. The second kappa shape index (κ2) is 32.4. The van der Waals surface area contributed by atoms with Crippen LogP contribution in [-0.2, 0) is 0 Å². The van der Waals surface area contributed by atoms with Crippen molar-refractivity contribution in [2.45, 2.75) is 199 Å². The van der Waals surface area contributed by atoms with E-state index < -0.39 is 0 Å². The van der Waals surface area contributed by atoms with E-state index >= 15 is 0 Å². The lowest BCUT2D eigenvalue weighted by molar-refractivity contribution is 0.0573. The fourth-order valence-corrected chi connectivity index (χ4v) is 5.77. The predicted molar refractivity (Wildman–Crippen MR) is 172 cm³/mol. The van der Waals surface area contributed by atoms with Crippen molar-refractivity contribution in [3.63, 3.8) is 0 Å². The second-order valence-corrected chi connectivity index (χ2v) is 12.5. The minimum atomic E-state index is -0.328. The summed E-state index contributed by atoms with van der Waals surface area (Å²) >= 11 is 0. The average Bonchev–Trinajstić information content (AvgIpc) is 2.93. The van der Waals surface area contributed by atoms with E-state index in [4.69, 9.17) is 0 Å². The summed E-state index contributed by atoms with van der Waals surface area (Å²) in [7, 11) is 0. The molecule has 0 bridgehead atoms. The van der Waals surface area contributed by atoms with Gasteiger partial charge in [-0.1, -0.05) is 168 Å². The molecule has 0 aliphatic carbocycles. The molecule has 0 aliphatic heterocycles. The molecule has 0 radical (unpaired) electrons. The van der Waals surface area contributed by atoms with Crippen molar-refractivity contribution in [2.24, 2.45) is 0 Å². The molecule has 2 atom stereocenters. The van der Waals surface area contributed by atoms with Crippen LogP contribution in [0.15, 0.2) is 0 Å². The maximum atomic E-state index is 10.6. The number of hydrogen-bond acceptors (Lipinski definition) is 4. The first-order valence-corrected chi connectivity index (χ1v) is 17.8. The summed E-state index contributed by atoms with van der Waals surface area (Å²) in [6, 6.07) is 0. The molecule has 0 amide bonds. The Kier molecular flexibility index (Phi) is 32.2. The van der Waals surface area contributed by atoms with Crippen molar-refractivity contribution in [1.29, 1.82) is 0 Å². The van der Waals surface area contributed by atoms with Crippen LogP contribution in [0.25, 0.3) is 0 Å². The van der Waals surface area contributed by atoms with E-state index in [1.165, 1.54) is 141 Å². The molecule has 0 aromatic heterocycles. The maximum Gasteiger partial charge on any atom is 0.0667 e. The summed E-state index contributed by atoms with van der Waals surface area (Å²) in [6.45, 7) is 6.71. The zero-order valence-corrected chi connectivity index (χ0v) is 26.9. The number of aliphatic hydroxyl groups excluding tert-OH is 3. The summed E-state index contributed by atoms with van der Waals surface area (Å²) in [5.74, 6) is 0. The molecule has 4 nitrogen and oxygen atoms in total. The summed E-state index contributed by atoms with van der Waals surface area (Å²) in [4.78, 5) is 2.17. The second-order valence-electron chi connectivity index (χ2n) is 12.5. The van der Waals surface area contributed by atoms with Gasteiger partial charge in [0.25, 0.3) is 0 Å². The number of hydrogen-bond donors (Lipinski definition) is 3. The summed E-state index contributed by atoms with van der Waals surface area (Å²) < 4.78 is 0. The Hall–Kier alpha value is -0.160. The first-order chi connectivity index (χ1) is 19.1. The van der Waals surface area contributed by atoms with Gasteiger partial charge in [0.2, 0.25) is 0 Å². The third kappa shape index (κ3) is 30.6. The van der Waals surface area contributed by atoms with Gasteiger partial charge in [0.05, 0.1) is 12.2 Å². The van der Waals surface area contributed by atoms with Crippen LogP contribution >= 0.6 is 0 Å². The van der Waals surface area contributed by atoms with Crippen molar-refractivity contribution < 1.29 is 15.3 Å². The van der Waals surface area contributed by atoms with Crippen LogP contribution < -0.4 is 0 Å². The lowest BCUT2D eigenvalue weighted by Crippen LogP contribution is -2.39. The lowest BCUT2D eigenvalue weighted by Gasteiger charge is -2.27. The normalized spacial score (nSPS) is 13.4. The number of unbranched alkanes of at least 4 members (excludes halogenated alkanes) is 22. The molecule has 0 heterocycles. The highest BCUT2D eigenvalue weighted by Gasteiger charge is 2.15. The molecule has 0 aromatic rings. The van der Waals surface area contributed by atoms with Gasteiger partial charge in [-0.15, -0.1) is 0 Å². The van der Waals surface area contributed by atoms with E-state index in [-0.39, 0.29) is 18.8 Å². The highest BCUT2D eigenvalue weighted by Crippen LogP contribution is 2.15. The van der Waals surface area contributed by atoms with Crippen LogP contribution in [0.1, 0.15) is 187 Å². The van der Waals surface area contributed by atoms with Crippen LogP contribution in [0.3, 0.4) is 0 Å². The van der Waals surface area contributed by atoms with Gasteiger partial charge in [-0.25, -0.2) is 0 Å². The van der Waals surface area contributed by atoms with E-state index in [1.54, 1.807) is 0 Å². The molecule has 0 rings (SSSR count). The fraction of sp³-hybridized carbons (Fsp3) is 1.00. The van der Waals surface area contributed by atoms with Gasteiger partial charge in [-0.05, 0) is 19.3 Å². The summed E-state index contributed by atoms with van der Waals surface area (Å²) in [5.41, 5.74) is 0. The fourth-order valence-electron chi connectivity index (χ4n) is 5.77. The molecule has 0 fully saturated rings. The Morgan fingerprint density at radius 1 is 0.410 bits per heavy atom. The van der Waals surface area contributed by atoms with Gasteiger partial charge in [0.1, 0.15) is 0 Å². The molecule has 2 unspecified atom stereocenters. The molecular formula is C35H73NO3. The molecule has 0 aromatic carbocycles. The topological polar surface area (TPSA) is 63.9 Å². The molecule has 236 valence electrons. The first kappa shape index (κ1) is 38.8. The number of nitrogens with zero attached hydrogens (tertiary/aromatic N) is 1. The Balaban J connectivity index is 3.76. The minimum absolute atomic E-state index is 0.167. The number of rotatable bonds is 33. The van der Waals surface area contributed by atoms with Crippen molar-refractivity contribution in [3.05, 3.63) is 0 Å². The Morgan fingerprint density at radius 2 is 0.692 bits per heavy atom. The highest BCUT2D eigenvalue weighted by atomic mass is 16.3. The third-order valence-corrected chi connectivity index (χ3v) is 8.35. The van der Waals surface area contributed by atoms with E-state index in [0.717, 1.165) is 32.2 Å². The maximum absolute atomic E-state index is 10.6. The largest absolute Gasteiger partial charge is 0.396 e. The predicted octanol–water partition coefficient (Wildman–Crippen LogP) is 9.58. The molecule has 39 heavy (non-hydrogen) atoms. The highest BCUT2D eigenvalue weighted by molar-refractivity contribution is 4.70. The van der Waals surface area contributed by atoms with Crippen molar-refractivity contribution >= 4 is 0 Å². The Morgan fingerprint density at radius 3 is 0.974 bits per heavy atom. The molecule has 0 aliphatic rings. The van der Waals surface area contributed by atoms with Crippen LogP contribution in [0.2, 0.25) is 0 Å². The monoisotopic (exact) mass is 556 g/mol. The molecular weight excluding hydrogens is 482 g/mol. The van der Waals surface area contributed by atoms with Gasteiger partial charge in [-0.2, -0.15) is 0 Å². The van der Waals surface area contributed by atoms with Gasteiger partial charge in [0, 0.05) is 26.2 Å². The van der Waals surface area contributed by atoms with Crippen LogP contribution in [0, 0.1) is 0 Å². The smallest absolute Gasteiger partial charge is 0.0667 e. The average molecular weight is 556 g/mol. The quantitative estimate of drug-likeness (QED) is 0.0705. The van der Waals surface area contributed by atoms with Crippen molar-refractivity contribution in [2.75, 3.05) is 26.2 Å². The summed E-state index contributed by atoms with van der Waals surface area (Å²) in [5, 5.41) is 30.5. The van der Waals surface area contributed by atoms with Gasteiger partial charge in [0.15, 0.2) is 0 Å². The van der Waals surface area contributed by atoms with E-state index in [1.807, 2.05) is 0 Å². The van der Waals surface area contributed by atoms with E-state index in [2.05, 4.69) is 18.7 Å². The molecule has 0 saturated heterocycles. The van der Waals surface area contributed by atoms with Gasteiger partial charge in [-0.3, -0.25) is 4.90 Å². The molecule has 0 saturated carbocycles. The minimum Gasteiger partial charge on any atom is -0.396 e. The van der Waals surface area contributed by atoms with Crippen molar-refractivity contribution in [1.82, 2.24) is 4.90 Å². The first-order valence-electron chi connectivity index (χ1n) is 17.8. The number of aliphatic hydroxyl groups is 3. The molecule has 0 spiro atoms. The van der Waals surface area contributed by atoms with E-state index in [0.29, 0.717) is 19.5 Å². The SMILES string of the molecule is CCCCCCCCCCCCCCC(O)CN(CCCO)CC(O)CCCCCCCCCCCCCC. The van der Waals surface area contributed by atoms with Crippen LogP contribution in [0.5, 0.6) is 0 Å². The lowest BCUT2D eigenvalue weighted by atomic mass is 10.0. The van der Waals surface area contributed by atoms with Gasteiger partial charge >= 0.3 is 0 Å². The Labute approximate surface area is 245 Å². The zero-order valence-electron chi connectivity index (χ0n) is 26.9. The van der Waals surface area contributed by atoms with Crippen LogP contribution in [0.4, 0.5) is 0 Å². The zero-order chi connectivity index (χ0) is 28.7. The van der Waals surface area contributed by atoms with Crippen LogP contribution in [-0.4, -0.2) is 58.7 Å².